The first-order chi connectivity index (χ1) is 6.81. The highest BCUT2D eigenvalue weighted by atomic mass is 14.7. The lowest BCUT2D eigenvalue weighted by atomic mass is 10.1. The van der Waals surface area contributed by atoms with Gasteiger partial charge in [-0.1, -0.05) is 24.3 Å². The van der Waals surface area contributed by atoms with E-state index < -0.39 is 0 Å². The van der Waals surface area contributed by atoms with Crippen molar-refractivity contribution in [1.82, 2.24) is 4.98 Å². The number of hydrogen-bond acceptors (Lipinski definition) is 2. The molecule has 0 bridgehead atoms. The maximum atomic E-state index is 5.91. The van der Waals surface area contributed by atoms with Crippen LogP contribution in [0.25, 0.3) is 10.9 Å². The molecule has 0 radical (unpaired) electrons. The molecule has 0 aliphatic heterocycles. The van der Waals surface area contributed by atoms with E-state index in [1.165, 1.54) is 0 Å². The van der Waals surface area contributed by atoms with Crippen LogP contribution in [0.3, 0.4) is 0 Å². The van der Waals surface area contributed by atoms with Crippen molar-refractivity contribution in [3.05, 3.63) is 48.7 Å². The largest absolute Gasteiger partial charge is 0.398 e. The number of nitrogen functional groups attached to an aromatic ring is 1. The fourth-order valence-corrected chi connectivity index (χ4v) is 1.51. The first-order valence-corrected chi connectivity index (χ1v) is 4.56. The number of benzene rings is 1. The number of nitrogens with zero attached hydrogens (tertiary/aromatic N) is 1. The predicted molar refractivity (Wildman–Crippen MR) is 60.1 cm³/mol. The Balaban J connectivity index is 2.65. The number of para-hydroxylation sites is 1. The van der Waals surface area contributed by atoms with Gasteiger partial charge in [0.15, 0.2) is 0 Å². The number of pyridine rings is 1. The molecule has 2 aromatic rings. The van der Waals surface area contributed by atoms with Gasteiger partial charge in [0.05, 0.1) is 5.52 Å². The molecule has 0 fully saturated rings. The molecule has 14 heavy (non-hydrogen) atoms. The summed E-state index contributed by atoms with van der Waals surface area (Å²) in [5, 5.41) is 1.01. The van der Waals surface area contributed by atoms with Crippen molar-refractivity contribution in [2.24, 2.45) is 0 Å². The van der Waals surface area contributed by atoms with E-state index in [-0.39, 0.29) is 0 Å². The molecule has 2 N–H and O–H groups in total. The third-order valence-corrected chi connectivity index (χ3v) is 2.15. The Kier molecular flexibility index (Phi) is 2.19. The van der Waals surface area contributed by atoms with Crippen molar-refractivity contribution in [3.63, 3.8) is 0 Å². The minimum Gasteiger partial charge on any atom is -0.398 e. The molecule has 70 valence electrons. The van der Waals surface area contributed by atoms with Crippen molar-refractivity contribution in [1.29, 1.82) is 0 Å². The van der Waals surface area contributed by atoms with Crippen LogP contribution >= 0.6 is 0 Å². The second-order valence-corrected chi connectivity index (χ2v) is 3.21. The zero-order valence-electron chi connectivity index (χ0n) is 7.90. The van der Waals surface area contributed by atoms with Crippen molar-refractivity contribution in [2.45, 2.75) is 6.42 Å². The average molecular weight is 184 g/mol. The summed E-state index contributed by atoms with van der Waals surface area (Å²) in [7, 11) is 0. The standard InChI is InChI=1S/C12H12N2/c1-2-5-9-8-11(13)10-6-3-4-7-12(10)14-9/h2-4,6-8H,1,5H2,(H2,13,14). The number of aromatic nitrogens is 1. The van der Waals surface area contributed by atoms with Gasteiger partial charge in [0.25, 0.3) is 0 Å². The molecule has 0 unspecified atom stereocenters. The molecule has 1 aromatic heterocycles. The van der Waals surface area contributed by atoms with E-state index in [1.807, 2.05) is 36.4 Å². The molecule has 0 saturated heterocycles. The van der Waals surface area contributed by atoms with Crippen LogP contribution in [-0.4, -0.2) is 4.98 Å². The summed E-state index contributed by atoms with van der Waals surface area (Å²) in [6, 6.07) is 9.79. The zero-order valence-corrected chi connectivity index (χ0v) is 7.90. The quantitative estimate of drug-likeness (QED) is 0.728. The molecule has 1 heterocycles. The molecule has 2 heteroatoms. The van der Waals surface area contributed by atoms with Gasteiger partial charge < -0.3 is 5.73 Å². The number of fused-ring (bicyclic) bond motifs is 1. The molecule has 0 atom stereocenters. The number of anilines is 1. The van der Waals surface area contributed by atoms with Crippen molar-refractivity contribution in [3.8, 4) is 0 Å². The molecule has 0 amide bonds. The Morgan fingerprint density at radius 2 is 2.14 bits per heavy atom. The molecule has 2 nitrogen and oxygen atoms in total. The van der Waals surface area contributed by atoms with Crippen LogP contribution < -0.4 is 5.73 Å². The highest BCUT2D eigenvalue weighted by molar-refractivity contribution is 5.90. The van der Waals surface area contributed by atoms with Crippen LogP contribution in [0.5, 0.6) is 0 Å². The smallest absolute Gasteiger partial charge is 0.0726 e. The Morgan fingerprint density at radius 3 is 2.93 bits per heavy atom. The van der Waals surface area contributed by atoms with Crippen LogP contribution in [0.4, 0.5) is 5.69 Å². The summed E-state index contributed by atoms with van der Waals surface area (Å²) >= 11 is 0. The third kappa shape index (κ3) is 1.46. The van der Waals surface area contributed by atoms with E-state index in [0.717, 1.165) is 28.7 Å². The van der Waals surface area contributed by atoms with Gasteiger partial charge in [-0.05, 0) is 12.1 Å². The topological polar surface area (TPSA) is 38.9 Å². The molecule has 1 aromatic carbocycles. The summed E-state index contributed by atoms with van der Waals surface area (Å²) in [5.74, 6) is 0. The fourth-order valence-electron chi connectivity index (χ4n) is 1.51. The van der Waals surface area contributed by atoms with E-state index in [1.54, 1.807) is 0 Å². The Labute approximate surface area is 83.1 Å². The molecular weight excluding hydrogens is 172 g/mol. The summed E-state index contributed by atoms with van der Waals surface area (Å²) in [4.78, 5) is 4.47. The second-order valence-electron chi connectivity index (χ2n) is 3.21. The van der Waals surface area contributed by atoms with Crippen LogP contribution in [0.15, 0.2) is 43.0 Å². The van der Waals surface area contributed by atoms with E-state index in [9.17, 15) is 0 Å². The van der Waals surface area contributed by atoms with Crippen molar-refractivity contribution in [2.75, 3.05) is 5.73 Å². The van der Waals surface area contributed by atoms with Crippen LogP contribution in [-0.2, 0) is 6.42 Å². The van der Waals surface area contributed by atoms with Crippen molar-refractivity contribution < 1.29 is 0 Å². The summed E-state index contributed by atoms with van der Waals surface area (Å²) < 4.78 is 0. The van der Waals surface area contributed by atoms with Gasteiger partial charge in [0.2, 0.25) is 0 Å². The first-order valence-electron chi connectivity index (χ1n) is 4.56. The maximum Gasteiger partial charge on any atom is 0.0726 e. The van der Waals surface area contributed by atoms with Crippen molar-refractivity contribution >= 4 is 16.6 Å². The molecule has 0 spiro atoms. The number of rotatable bonds is 2. The Bertz CT molecular complexity index is 475. The predicted octanol–water partition coefficient (Wildman–Crippen LogP) is 2.55. The minimum atomic E-state index is 0.759. The lowest BCUT2D eigenvalue weighted by Crippen LogP contribution is -1.94. The summed E-state index contributed by atoms with van der Waals surface area (Å²) in [6.45, 7) is 3.68. The number of allylic oxidation sites excluding steroid dienone is 1. The molecule has 2 rings (SSSR count). The first kappa shape index (κ1) is 8.75. The zero-order chi connectivity index (χ0) is 9.97. The maximum absolute atomic E-state index is 5.91. The molecule has 0 aliphatic carbocycles. The Hall–Kier alpha value is -1.83. The summed E-state index contributed by atoms with van der Waals surface area (Å²) in [5.41, 5.74) is 8.61. The van der Waals surface area contributed by atoms with Gasteiger partial charge in [-0.3, -0.25) is 4.98 Å². The van der Waals surface area contributed by atoms with E-state index in [0.29, 0.717) is 0 Å². The highest BCUT2D eigenvalue weighted by Crippen LogP contribution is 2.20. The van der Waals surface area contributed by atoms with Gasteiger partial charge in [0, 0.05) is 23.2 Å². The highest BCUT2D eigenvalue weighted by Gasteiger charge is 2.00. The normalized spacial score (nSPS) is 10.3. The van der Waals surface area contributed by atoms with E-state index in [2.05, 4.69) is 11.6 Å². The minimum absolute atomic E-state index is 0.759. The third-order valence-electron chi connectivity index (χ3n) is 2.15. The molecule has 0 aliphatic rings. The van der Waals surface area contributed by atoms with Crippen LogP contribution in [0.1, 0.15) is 5.69 Å². The molecule has 0 saturated carbocycles. The van der Waals surface area contributed by atoms with Gasteiger partial charge in [-0.15, -0.1) is 6.58 Å². The van der Waals surface area contributed by atoms with Crippen LogP contribution in [0, 0.1) is 0 Å². The monoisotopic (exact) mass is 184 g/mol. The lowest BCUT2D eigenvalue weighted by molar-refractivity contribution is 1.15. The lowest BCUT2D eigenvalue weighted by Gasteiger charge is -2.03. The van der Waals surface area contributed by atoms with E-state index in [4.69, 9.17) is 5.73 Å². The van der Waals surface area contributed by atoms with Crippen LogP contribution in [0.2, 0.25) is 0 Å². The van der Waals surface area contributed by atoms with Gasteiger partial charge >= 0.3 is 0 Å². The number of nitrogens with two attached hydrogens (primary N) is 1. The average Bonchev–Trinajstić information content (AvgIpc) is 2.18. The fraction of sp³-hybridized carbons (Fsp3) is 0.0833. The van der Waals surface area contributed by atoms with Gasteiger partial charge in [-0.25, -0.2) is 0 Å². The molecular formula is C12H12N2. The van der Waals surface area contributed by atoms with Gasteiger partial charge in [0.1, 0.15) is 0 Å². The second kappa shape index (κ2) is 3.50. The van der Waals surface area contributed by atoms with E-state index >= 15 is 0 Å². The number of hydrogen-bond donors (Lipinski definition) is 1. The van der Waals surface area contributed by atoms with Gasteiger partial charge in [-0.2, -0.15) is 0 Å². The SMILES string of the molecule is C=CCc1cc(N)c2ccccc2n1. The summed E-state index contributed by atoms with van der Waals surface area (Å²) in [6.07, 6.45) is 2.59. The Morgan fingerprint density at radius 1 is 1.36 bits per heavy atom.